The summed E-state index contributed by atoms with van der Waals surface area (Å²) >= 11 is 0. The van der Waals surface area contributed by atoms with E-state index >= 15 is 0 Å². The molecule has 1 heterocycles. The van der Waals surface area contributed by atoms with Crippen LogP contribution in [0, 0.1) is 5.92 Å². The standard InChI is InChI=1S/C15H24N2O3/c1-3-10(2)13-8-14(20-17-13)15(19)16-12-7-5-4-6-11(12)9-18/h8,10-12,18H,3-7,9H2,1-2H3,(H,16,19). The van der Waals surface area contributed by atoms with Gasteiger partial charge in [0.1, 0.15) is 0 Å². The van der Waals surface area contributed by atoms with Gasteiger partial charge in [0, 0.05) is 30.6 Å². The number of carbonyl (C=O) groups excluding carboxylic acids is 1. The van der Waals surface area contributed by atoms with Crippen LogP contribution in [0.3, 0.4) is 0 Å². The number of hydrogen-bond acceptors (Lipinski definition) is 4. The average molecular weight is 280 g/mol. The Hall–Kier alpha value is -1.36. The van der Waals surface area contributed by atoms with Gasteiger partial charge >= 0.3 is 0 Å². The van der Waals surface area contributed by atoms with Crippen LogP contribution in [0.5, 0.6) is 0 Å². The van der Waals surface area contributed by atoms with Crippen molar-refractivity contribution in [2.75, 3.05) is 6.61 Å². The summed E-state index contributed by atoms with van der Waals surface area (Å²) < 4.78 is 5.14. The molecule has 0 bridgehead atoms. The van der Waals surface area contributed by atoms with Gasteiger partial charge in [0.15, 0.2) is 0 Å². The second-order valence-electron chi connectivity index (χ2n) is 5.73. The molecule has 0 aliphatic heterocycles. The number of carbonyl (C=O) groups is 1. The number of amides is 1. The zero-order chi connectivity index (χ0) is 14.5. The molecule has 0 aromatic carbocycles. The number of nitrogens with one attached hydrogen (secondary N) is 1. The third-order valence-corrected chi connectivity index (χ3v) is 4.33. The van der Waals surface area contributed by atoms with Crippen LogP contribution in [0.25, 0.3) is 0 Å². The molecular weight excluding hydrogens is 256 g/mol. The first-order valence-electron chi connectivity index (χ1n) is 7.54. The van der Waals surface area contributed by atoms with Crippen molar-refractivity contribution in [2.45, 2.75) is 57.9 Å². The molecular formula is C15H24N2O3. The molecule has 20 heavy (non-hydrogen) atoms. The van der Waals surface area contributed by atoms with Gasteiger partial charge in [-0.25, -0.2) is 0 Å². The molecule has 3 atom stereocenters. The molecule has 1 saturated carbocycles. The lowest BCUT2D eigenvalue weighted by molar-refractivity contribution is 0.0836. The largest absolute Gasteiger partial charge is 0.396 e. The number of hydrogen-bond donors (Lipinski definition) is 2. The number of aromatic nitrogens is 1. The minimum atomic E-state index is -0.225. The first-order valence-corrected chi connectivity index (χ1v) is 7.54. The Morgan fingerprint density at radius 1 is 1.55 bits per heavy atom. The average Bonchev–Trinajstić information content (AvgIpc) is 2.97. The Bertz CT molecular complexity index is 444. The van der Waals surface area contributed by atoms with Gasteiger partial charge in [0.2, 0.25) is 5.76 Å². The van der Waals surface area contributed by atoms with Gasteiger partial charge in [-0.2, -0.15) is 0 Å². The van der Waals surface area contributed by atoms with Gasteiger partial charge in [-0.05, 0) is 19.3 Å². The molecule has 5 heteroatoms. The molecule has 0 radical (unpaired) electrons. The molecule has 112 valence electrons. The maximum Gasteiger partial charge on any atom is 0.290 e. The topological polar surface area (TPSA) is 75.4 Å². The van der Waals surface area contributed by atoms with Gasteiger partial charge in [-0.3, -0.25) is 4.79 Å². The van der Waals surface area contributed by atoms with E-state index in [1.54, 1.807) is 6.07 Å². The van der Waals surface area contributed by atoms with E-state index in [0.29, 0.717) is 5.92 Å². The third kappa shape index (κ3) is 3.39. The monoisotopic (exact) mass is 280 g/mol. The van der Waals surface area contributed by atoms with E-state index in [-0.39, 0.29) is 30.2 Å². The van der Waals surface area contributed by atoms with Crippen molar-refractivity contribution in [1.82, 2.24) is 10.5 Å². The van der Waals surface area contributed by atoms with Gasteiger partial charge < -0.3 is 14.9 Å². The highest BCUT2D eigenvalue weighted by molar-refractivity contribution is 5.91. The lowest BCUT2D eigenvalue weighted by Crippen LogP contribution is -2.43. The predicted octanol–water partition coefficient (Wildman–Crippen LogP) is 2.47. The number of nitrogens with zero attached hydrogens (tertiary/aromatic N) is 1. The zero-order valence-electron chi connectivity index (χ0n) is 12.3. The second-order valence-corrected chi connectivity index (χ2v) is 5.73. The van der Waals surface area contributed by atoms with Crippen molar-refractivity contribution >= 4 is 5.91 Å². The first-order chi connectivity index (χ1) is 9.65. The van der Waals surface area contributed by atoms with Crippen LogP contribution >= 0.6 is 0 Å². The Morgan fingerprint density at radius 3 is 3.00 bits per heavy atom. The molecule has 1 aliphatic rings. The Kier molecular flexibility index (Phi) is 5.17. The summed E-state index contributed by atoms with van der Waals surface area (Å²) in [6.45, 7) is 4.26. The van der Waals surface area contributed by atoms with E-state index in [1.165, 1.54) is 0 Å². The van der Waals surface area contributed by atoms with E-state index in [2.05, 4.69) is 24.3 Å². The minimum Gasteiger partial charge on any atom is -0.396 e. The SMILES string of the molecule is CCC(C)c1cc(C(=O)NC2CCCCC2CO)on1. The lowest BCUT2D eigenvalue weighted by Gasteiger charge is -2.30. The molecule has 1 aromatic heterocycles. The van der Waals surface area contributed by atoms with Crippen LogP contribution in [0.1, 0.15) is 68.1 Å². The quantitative estimate of drug-likeness (QED) is 0.868. The van der Waals surface area contributed by atoms with Crippen molar-refractivity contribution in [2.24, 2.45) is 5.92 Å². The number of aliphatic hydroxyl groups is 1. The smallest absolute Gasteiger partial charge is 0.290 e. The van der Waals surface area contributed by atoms with Crippen LogP contribution in [0.2, 0.25) is 0 Å². The van der Waals surface area contributed by atoms with Crippen LogP contribution in [0.4, 0.5) is 0 Å². The molecule has 2 N–H and O–H groups in total. The van der Waals surface area contributed by atoms with Crippen molar-refractivity contribution in [3.8, 4) is 0 Å². The van der Waals surface area contributed by atoms with Crippen LogP contribution < -0.4 is 5.32 Å². The first kappa shape index (κ1) is 15.0. The van der Waals surface area contributed by atoms with Crippen LogP contribution in [-0.4, -0.2) is 28.8 Å². The van der Waals surface area contributed by atoms with Gasteiger partial charge in [0.05, 0.1) is 5.69 Å². The zero-order valence-corrected chi connectivity index (χ0v) is 12.3. The molecule has 3 unspecified atom stereocenters. The summed E-state index contributed by atoms with van der Waals surface area (Å²) in [5.74, 6) is 0.491. The minimum absolute atomic E-state index is 0.0402. The summed E-state index contributed by atoms with van der Waals surface area (Å²) in [6.07, 6.45) is 5.07. The van der Waals surface area contributed by atoms with Crippen LogP contribution in [0.15, 0.2) is 10.6 Å². The van der Waals surface area contributed by atoms with Crippen molar-refractivity contribution in [3.05, 3.63) is 17.5 Å². The summed E-state index contributed by atoms with van der Waals surface area (Å²) in [5.41, 5.74) is 0.819. The molecule has 0 saturated heterocycles. The van der Waals surface area contributed by atoms with Crippen molar-refractivity contribution in [3.63, 3.8) is 0 Å². The maximum absolute atomic E-state index is 12.2. The molecule has 5 nitrogen and oxygen atoms in total. The fourth-order valence-corrected chi connectivity index (χ4v) is 2.69. The Labute approximate surface area is 119 Å². The highest BCUT2D eigenvalue weighted by Crippen LogP contribution is 2.24. The van der Waals surface area contributed by atoms with E-state index in [4.69, 9.17) is 4.52 Å². The van der Waals surface area contributed by atoms with Gasteiger partial charge in [-0.15, -0.1) is 0 Å². The normalized spacial score (nSPS) is 24.4. The fraction of sp³-hybridized carbons (Fsp3) is 0.733. The molecule has 1 aromatic rings. The van der Waals surface area contributed by atoms with Gasteiger partial charge in [0.25, 0.3) is 5.91 Å². The third-order valence-electron chi connectivity index (χ3n) is 4.33. The van der Waals surface area contributed by atoms with Gasteiger partial charge in [-0.1, -0.05) is 31.8 Å². The second kappa shape index (κ2) is 6.88. The molecule has 2 rings (SSSR count). The van der Waals surface area contributed by atoms with Crippen LogP contribution in [-0.2, 0) is 0 Å². The fourth-order valence-electron chi connectivity index (χ4n) is 2.69. The van der Waals surface area contributed by atoms with E-state index in [9.17, 15) is 9.90 Å². The summed E-state index contributed by atoms with van der Waals surface area (Å²) in [6, 6.07) is 1.76. The summed E-state index contributed by atoms with van der Waals surface area (Å²) in [5, 5.41) is 16.3. The summed E-state index contributed by atoms with van der Waals surface area (Å²) in [4.78, 5) is 12.2. The molecule has 1 fully saturated rings. The van der Waals surface area contributed by atoms with E-state index < -0.39 is 0 Å². The highest BCUT2D eigenvalue weighted by atomic mass is 16.5. The number of aliphatic hydroxyl groups excluding tert-OH is 1. The molecule has 1 aliphatic carbocycles. The number of rotatable bonds is 5. The lowest BCUT2D eigenvalue weighted by atomic mass is 9.85. The van der Waals surface area contributed by atoms with Crippen molar-refractivity contribution < 1.29 is 14.4 Å². The molecule has 1 amide bonds. The maximum atomic E-state index is 12.2. The molecule has 0 spiro atoms. The van der Waals surface area contributed by atoms with Crippen molar-refractivity contribution in [1.29, 1.82) is 0 Å². The van der Waals surface area contributed by atoms with E-state index in [0.717, 1.165) is 37.8 Å². The Morgan fingerprint density at radius 2 is 2.30 bits per heavy atom. The highest BCUT2D eigenvalue weighted by Gasteiger charge is 2.27. The van der Waals surface area contributed by atoms with E-state index in [1.807, 2.05) is 0 Å². The predicted molar refractivity (Wildman–Crippen MR) is 75.5 cm³/mol. The summed E-state index contributed by atoms with van der Waals surface area (Å²) in [7, 11) is 0. The Balaban J connectivity index is 1.98.